The Kier molecular flexibility index (Phi) is 6.65. The van der Waals surface area contributed by atoms with Crippen LogP contribution in [0.5, 0.6) is 0 Å². The number of aromatic nitrogens is 4. The highest BCUT2D eigenvalue weighted by Gasteiger charge is 2.31. The van der Waals surface area contributed by atoms with E-state index >= 15 is 0 Å². The minimum Gasteiger partial charge on any atom is -0.462 e. The molecule has 3 aromatic heterocycles. The van der Waals surface area contributed by atoms with Crippen LogP contribution in [-0.2, 0) is 27.1 Å². The number of carbonyl (C=O) groups is 3. The SMILES string of the molecule is CCOC(=O)c1c(NC(=O)C(C)OC(=O)c2nc3nc(C)cc(C)n3n2)sc2c1CCC(C)C2. The summed E-state index contributed by atoms with van der Waals surface area (Å²) in [7, 11) is 0. The summed E-state index contributed by atoms with van der Waals surface area (Å²) < 4.78 is 12.0. The number of esters is 2. The second kappa shape index (κ2) is 9.49. The Morgan fingerprint density at radius 1 is 1.26 bits per heavy atom. The number of nitrogens with one attached hydrogen (secondary N) is 1. The predicted molar refractivity (Wildman–Crippen MR) is 125 cm³/mol. The zero-order valence-corrected chi connectivity index (χ0v) is 20.6. The lowest BCUT2D eigenvalue weighted by molar-refractivity contribution is -0.123. The van der Waals surface area contributed by atoms with E-state index in [0.717, 1.165) is 41.1 Å². The van der Waals surface area contributed by atoms with Gasteiger partial charge in [0, 0.05) is 16.3 Å². The van der Waals surface area contributed by atoms with Gasteiger partial charge in [-0.1, -0.05) is 6.92 Å². The van der Waals surface area contributed by atoms with Crippen LogP contribution in [0, 0.1) is 19.8 Å². The summed E-state index contributed by atoms with van der Waals surface area (Å²) in [4.78, 5) is 47.6. The fraction of sp³-hybridized carbons (Fsp3) is 0.478. The second-order valence-corrected chi connectivity index (χ2v) is 9.60. The molecule has 2 unspecified atom stereocenters. The van der Waals surface area contributed by atoms with Crippen LogP contribution in [0.3, 0.4) is 0 Å². The molecule has 10 nitrogen and oxygen atoms in total. The Morgan fingerprint density at radius 3 is 2.76 bits per heavy atom. The molecule has 11 heteroatoms. The number of ether oxygens (including phenoxy) is 2. The fourth-order valence-corrected chi connectivity index (χ4v) is 5.39. The number of hydrogen-bond donors (Lipinski definition) is 1. The van der Waals surface area contributed by atoms with Crippen LogP contribution in [0.15, 0.2) is 6.07 Å². The molecule has 0 saturated heterocycles. The lowest BCUT2D eigenvalue weighted by Crippen LogP contribution is -2.30. The number of carbonyl (C=O) groups excluding carboxylic acids is 3. The van der Waals surface area contributed by atoms with Gasteiger partial charge in [0.05, 0.1) is 12.2 Å². The van der Waals surface area contributed by atoms with Gasteiger partial charge >= 0.3 is 11.9 Å². The van der Waals surface area contributed by atoms with Crippen molar-refractivity contribution in [1.82, 2.24) is 19.6 Å². The topological polar surface area (TPSA) is 125 Å². The first-order valence-corrected chi connectivity index (χ1v) is 12.0. The maximum Gasteiger partial charge on any atom is 0.379 e. The van der Waals surface area contributed by atoms with E-state index in [2.05, 4.69) is 27.3 Å². The predicted octanol–water partition coefficient (Wildman–Crippen LogP) is 3.29. The van der Waals surface area contributed by atoms with E-state index in [0.29, 0.717) is 16.5 Å². The van der Waals surface area contributed by atoms with Crippen LogP contribution < -0.4 is 5.32 Å². The number of rotatable bonds is 6. The largest absolute Gasteiger partial charge is 0.462 e. The molecule has 2 atom stereocenters. The number of nitrogens with zero attached hydrogens (tertiary/aromatic N) is 4. The third kappa shape index (κ3) is 4.65. The number of anilines is 1. The molecule has 1 aliphatic rings. The van der Waals surface area contributed by atoms with E-state index in [1.165, 1.54) is 22.8 Å². The number of fused-ring (bicyclic) bond motifs is 2. The average molecular weight is 486 g/mol. The number of amides is 1. The summed E-state index contributed by atoms with van der Waals surface area (Å²) >= 11 is 1.38. The molecule has 3 heterocycles. The number of aryl methyl sites for hydroxylation is 2. The maximum absolute atomic E-state index is 12.9. The van der Waals surface area contributed by atoms with Crippen molar-refractivity contribution in [2.24, 2.45) is 5.92 Å². The zero-order chi connectivity index (χ0) is 24.6. The Hall–Kier alpha value is -3.34. The van der Waals surface area contributed by atoms with E-state index in [-0.39, 0.29) is 18.2 Å². The van der Waals surface area contributed by atoms with Crippen molar-refractivity contribution in [3.8, 4) is 0 Å². The normalized spacial score (nSPS) is 16.1. The third-order valence-corrected chi connectivity index (χ3v) is 6.85. The Labute approximate surface area is 200 Å². The van der Waals surface area contributed by atoms with Crippen molar-refractivity contribution < 1.29 is 23.9 Å². The Bertz CT molecular complexity index is 1280. The zero-order valence-electron chi connectivity index (χ0n) is 19.8. The molecule has 4 rings (SSSR count). The molecule has 180 valence electrons. The average Bonchev–Trinajstić information content (AvgIpc) is 3.34. The van der Waals surface area contributed by atoms with Gasteiger partial charge in [0.25, 0.3) is 17.5 Å². The van der Waals surface area contributed by atoms with Crippen LogP contribution in [0.2, 0.25) is 0 Å². The summed E-state index contributed by atoms with van der Waals surface area (Å²) in [5, 5.41) is 7.32. The van der Waals surface area contributed by atoms with Gasteiger partial charge in [-0.25, -0.2) is 19.1 Å². The second-order valence-electron chi connectivity index (χ2n) is 8.50. The van der Waals surface area contributed by atoms with E-state index in [9.17, 15) is 14.4 Å². The van der Waals surface area contributed by atoms with E-state index in [4.69, 9.17) is 9.47 Å². The van der Waals surface area contributed by atoms with Crippen LogP contribution in [0.25, 0.3) is 5.78 Å². The monoisotopic (exact) mass is 485 g/mol. The molecule has 3 aromatic rings. The highest BCUT2D eigenvalue weighted by Crippen LogP contribution is 2.40. The van der Waals surface area contributed by atoms with E-state index in [1.54, 1.807) is 6.92 Å². The van der Waals surface area contributed by atoms with Crippen LogP contribution in [-0.4, -0.2) is 50.1 Å². The molecule has 1 aliphatic carbocycles. The van der Waals surface area contributed by atoms with Crippen molar-refractivity contribution in [3.05, 3.63) is 39.3 Å². The quantitative estimate of drug-likeness (QED) is 0.528. The van der Waals surface area contributed by atoms with Crippen molar-refractivity contribution in [1.29, 1.82) is 0 Å². The number of hydrogen-bond acceptors (Lipinski definition) is 9. The fourth-order valence-electron chi connectivity index (χ4n) is 3.99. The molecule has 0 fully saturated rings. The summed E-state index contributed by atoms with van der Waals surface area (Å²) in [5.41, 5.74) is 2.85. The smallest absolute Gasteiger partial charge is 0.379 e. The Morgan fingerprint density at radius 2 is 2.03 bits per heavy atom. The lowest BCUT2D eigenvalue weighted by atomic mass is 9.88. The van der Waals surface area contributed by atoms with Gasteiger partial charge in [-0.05, 0) is 64.5 Å². The molecule has 1 amide bonds. The minimum atomic E-state index is -1.14. The molecule has 0 radical (unpaired) electrons. The molecule has 1 N–H and O–H groups in total. The van der Waals surface area contributed by atoms with Crippen molar-refractivity contribution in [3.63, 3.8) is 0 Å². The van der Waals surface area contributed by atoms with Crippen molar-refractivity contribution >= 4 is 40.0 Å². The lowest BCUT2D eigenvalue weighted by Gasteiger charge is -2.18. The third-order valence-electron chi connectivity index (χ3n) is 5.68. The van der Waals surface area contributed by atoms with Gasteiger partial charge in [0.15, 0.2) is 6.10 Å². The van der Waals surface area contributed by atoms with E-state index in [1.807, 2.05) is 19.9 Å². The molecule has 0 aliphatic heterocycles. The molecular weight excluding hydrogens is 458 g/mol. The van der Waals surface area contributed by atoms with Gasteiger partial charge in [-0.15, -0.1) is 16.4 Å². The molecule has 0 aromatic carbocycles. The summed E-state index contributed by atoms with van der Waals surface area (Å²) in [6.07, 6.45) is 1.44. The molecule has 34 heavy (non-hydrogen) atoms. The van der Waals surface area contributed by atoms with Gasteiger partial charge in [0.1, 0.15) is 5.00 Å². The van der Waals surface area contributed by atoms with Crippen LogP contribution >= 0.6 is 11.3 Å². The molecule has 0 saturated carbocycles. The van der Waals surface area contributed by atoms with Gasteiger partial charge in [-0.2, -0.15) is 4.98 Å². The summed E-state index contributed by atoms with van der Waals surface area (Å²) in [6, 6.07) is 1.81. The highest BCUT2D eigenvalue weighted by atomic mass is 32.1. The van der Waals surface area contributed by atoms with Gasteiger partial charge in [-0.3, -0.25) is 4.79 Å². The first-order chi connectivity index (χ1) is 16.2. The highest BCUT2D eigenvalue weighted by molar-refractivity contribution is 7.17. The van der Waals surface area contributed by atoms with E-state index < -0.39 is 23.9 Å². The van der Waals surface area contributed by atoms with Crippen molar-refractivity contribution in [2.75, 3.05) is 11.9 Å². The molecular formula is C23H27N5O5S. The van der Waals surface area contributed by atoms with Gasteiger partial charge in [0.2, 0.25) is 0 Å². The first-order valence-electron chi connectivity index (χ1n) is 11.2. The minimum absolute atomic E-state index is 0.186. The summed E-state index contributed by atoms with van der Waals surface area (Å²) in [5.74, 6) is -1.26. The molecule has 0 spiro atoms. The maximum atomic E-state index is 12.9. The van der Waals surface area contributed by atoms with Crippen LogP contribution in [0.1, 0.15) is 70.0 Å². The Balaban J connectivity index is 1.51. The standard InChI is InChI=1S/C23H27N5O5S/c1-6-32-21(30)17-15-8-7-11(2)9-16(15)34-20(17)26-19(29)14(5)33-22(31)18-25-23-24-12(3)10-13(4)28(23)27-18/h10-11,14H,6-9H2,1-5H3,(H,26,29). The van der Waals surface area contributed by atoms with Crippen molar-refractivity contribution in [2.45, 2.75) is 60.0 Å². The number of thiophene rings is 1. The van der Waals surface area contributed by atoms with Gasteiger partial charge < -0.3 is 14.8 Å². The van der Waals surface area contributed by atoms with Crippen LogP contribution in [0.4, 0.5) is 5.00 Å². The molecule has 0 bridgehead atoms. The summed E-state index contributed by atoms with van der Waals surface area (Å²) in [6.45, 7) is 9.24. The first kappa shape index (κ1) is 23.8.